The first-order chi connectivity index (χ1) is 16.7. The first kappa shape index (κ1) is 26.1. The predicted octanol–water partition coefficient (Wildman–Crippen LogP) is 3.18. The Balaban J connectivity index is 1.43. The van der Waals surface area contributed by atoms with Crippen molar-refractivity contribution < 1.29 is 32.3 Å². The Kier molecular flexibility index (Phi) is 9.11. The number of hydrogen-bond donors (Lipinski definition) is 3. The molecule has 0 heterocycles. The summed E-state index contributed by atoms with van der Waals surface area (Å²) in [5.74, 6) is 0.132. The van der Waals surface area contributed by atoms with Crippen LogP contribution < -0.4 is 14.2 Å². The number of hydrogen-bond acceptors (Lipinski definition) is 7. The number of rotatable bonds is 13. The van der Waals surface area contributed by atoms with Gasteiger partial charge in [0.05, 0.1) is 12.9 Å². The van der Waals surface area contributed by atoms with E-state index in [1.807, 2.05) is 36.4 Å². The smallest absolute Gasteiger partial charge is 0.321 e. The van der Waals surface area contributed by atoms with Crippen molar-refractivity contribution in [3.05, 3.63) is 89.5 Å². The minimum absolute atomic E-state index is 0.204. The summed E-state index contributed by atoms with van der Waals surface area (Å²) < 4.78 is 32.8. The van der Waals surface area contributed by atoms with E-state index in [-0.39, 0.29) is 11.5 Å². The van der Waals surface area contributed by atoms with Gasteiger partial charge in [0.2, 0.25) is 0 Å². The van der Waals surface area contributed by atoms with Crippen LogP contribution in [0.1, 0.15) is 16.7 Å². The molecule has 9 heteroatoms. The van der Waals surface area contributed by atoms with E-state index in [1.165, 1.54) is 12.1 Å². The molecule has 1 atom stereocenters. The van der Waals surface area contributed by atoms with Gasteiger partial charge in [0.15, 0.2) is 0 Å². The van der Waals surface area contributed by atoms with Gasteiger partial charge in [-0.25, -0.2) is 0 Å². The fourth-order valence-corrected chi connectivity index (χ4v) is 3.89. The highest BCUT2D eigenvalue weighted by Crippen LogP contribution is 2.19. The number of carboxylic acids is 1. The minimum atomic E-state index is -3.56. The summed E-state index contributed by atoms with van der Waals surface area (Å²) >= 11 is 0. The molecular formula is C26H29NO7S. The normalized spacial score (nSPS) is 12.1. The van der Waals surface area contributed by atoms with Gasteiger partial charge >= 0.3 is 16.1 Å². The van der Waals surface area contributed by atoms with Crippen LogP contribution in [0.5, 0.6) is 17.2 Å². The molecule has 0 aromatic heterocycles. The Bertz CT molecular complexity index is 1190. The van der Waals surface area contributed by atoms with Gasteiger partial charge in [-0.15, -0.1) is 0 Å². The zero-order valence-electron chi connectivity index (χ0n) is 19.4. The van der Waals surface area contributed by atoms with E-state index in [1.54, 1.807) is 24.3 Å². The summed E-state index contributed by atoms with van der Waals surface area (Å²) in [7, 11) is -3.56. The summed E-state index contributed by atoms with van der Waals surface area (Å²) in [5.41, 5.74) is 2.99. The van der Waals surface area contributed by atoms with Crippen LogP contribution in [0.2, 0.25) is 0 Å². The Labute approximate surface area is 205 Å². The van der Waals surface area contributed by atoms with Crippen LogP contribution in [-0.2, 0) is 34.2 Å². The van der Waals surface area contributed by atoms with Gasteiger partial charge in [0, 0.05) is 6.42 Å². The molecule has 0 radical (unpaired) electrons. The van der Waals surface area contributed by atoms with Crippen molar-refractivity contribution in [2.24, 2.45) is 0 Å². The molecular weight excluding hydrogens is 470 g/mol. The van der Waals surface area contributed by atoms with Crippen LogP contribution in [-0.4, -0.2) is 50.0 Å². The van der Waals surface area contributed by atoms with Crippen molar-refractivity contribution in [2.45, 2.75) is 25.3 Å². The van der Waals surface area contributed by atoms with Crippen LogP contribution in [0.15, 0.2) is 72.8 Å². The third kappa shape index (κ3) is 9.30. The average molecular weight is 500 g/mol. The van der Waals surface area contributed by atoms with E-state index in [0.29, 0.717) is 38.2 Å². The summed E-state index contributed by atoms with van der Waals surface area (Å²) in [4.78, 5) is 11.7. The van der Waals surface area contributed by atoms with Crippen molar-refractivity contribution in [1.82, 2.24) is 5.32 Å². The van der Waals surface area contributed by atoms with Gasteiger partial charge in [-0.2, -0.15) is 8.42 Å². The molecule has 0 saturated heterocycles. The van der Waals surface area contributed by atoms with Crippen LogP contribution >= 0.6 is 0 Å². The molecule has 3 N–H and O–H groups in total. The molecule has 0 aliphatic rings. The second kappa shape index (κ2) is 12.2. The molecule has 35 heavy (non-hydrogen) atoms. The van der Waals surface area contributed by atoms with Gasteiger partial charge in [-0.3, -0.25) is 4.79 Å². The first-order valence-corrected chi connectivity index (χ1v) is 12.9. The lowest BCUT2D eigenvalue weighted by atomic mass is 10.0. The first-order valence-electron chi connectivity index (χ1n) is 11.1. The number of phenolic OH excluding ortho intramolecular Hbond substituents is 1. The number of aliphatic carboxylic acids is 1. The number of benzene rings is 3. The van der Waals surface area contributed by atoms with Gasteiger partial charge < -0.3 is 24.4 Å². The van der Waals surface area contributed by atoms with Crippen LogP contribution in [0.3, 0.4) is 0 Å². The lowest BCUT2D eigenvalue weighted by molar-refractivity contribution is -0.139. The van der Waals surface area contributed by atoms with Crippen molar-refractivity contribution in [3.8, 4) is 17.2 Å². The lowest BCUT2D eigenvalue weighted by Crippen LogP contribution is -2.39. The maximum Gasteiger partial charge on any atom is 0.321 e. The maximum atomic E-state index is 11.7. The Hall–Kier alpha value is -3.56. The summed E-state index contributed by atoms with van der Waals surface area (Å²) in [6.07, 6.45) is 2.68. The van der Waals surface area contributed by atoms with E-state index >= 15 is 0 Å². The third-order valence-electron chi connectivity index (χ3n) is 5.23. The number of carbonyl (C=O) groups is 1. The topological polar surface area (TPSA) is 122 Å². The Morgan fingerprint density at radius 3 is 2.00 bits per heavy atom. The molecule has 0 saturated carbocycles. The second-order valence-electron chi connectivity index (χ2n) is 8.14. The molecule has 8 nitrogen and oxygen atoms in total. The predicted molar refractivity (Wildman–Crippen MR) is 132 cm³/mol. The van der Waals surface area contributed by atoms with E-state index in [4.69, 9.17) is 8.92 Å². The summed E-state index contributed by atoms with van der Waals surface area (Å²) in [6, 6.07) is 20.3. The highest BCUT2D eigenvalue weighted by atomic mass is 32.2. The SMILES string of the molecule is CS(=O)(=O)Oc1ccc(OCCc2ccc(CC(NCCc3ccc(O)cc3)C(=O)O)cc2)cc1. The van der Waals surface area contributed by atoms with Gasteiger partial charge in [0.1, 0.15) is 23.3 Å². The van der Waals surface area contributed by atoms with Gasteiger partial charge in [-0.1, -0.05) is 36.4 Å². The largest absolute Gasteiger partial charge is 0.508 e. The molecule has 0 bridgehead atoms. The zero-order valence-corrected chi connectivity index (χ0v) is 20.2. The molecule has 3 aromatic rings. The fourth-order valence-electron chi connectivity index (χ4n) is 3.43. The fraction of sp³-hybridized carbons (Fsp3) is 0.269. The quantitative estimate of drug-likeness (QED) is 0.307. The number of ether oxygens (including phenoxy) is 1. The van der Waals surface area contributed by atoms with E-state index in [0.717, 1.165) is 22.9 Å². The second-order valence-corrected chi connectivity index (χ2v) is 9.71. The van der Waals surface area contributed by atoms with Crippen LogP contribution in [0.4, 0.5) is 0 Å². The molecule has 3 aromatic carbocycles. The van der Waals surface area contributed by atoms with Crippen LogP contribution in [0, 0.1) is 0 Å². The molecule has 0 aliphatic heterocycles. The highest BCUT2D eigenvalue weighted by Gasteiger charge is 2.17. The van der Waals surface area contributed by atoms with E-state index < -0.39 is 22.1 Å². The van der Waals surface area contributed by atoms with Gasteiger partial charge in [0.25, 0.3) is 0 Å². The van der Waals surface area contributed by atoms with Crippen LogP contribution in [0.25, 0.3) is 0 Å². The molecule has 186 valence electrons. The Morgan fingerprint density at radius 1 is 0.857 bits per heavy atom. The van der Waals surface area contributed by atoms with Crippen molar-refractivity contribution in [3.63, 3.8) is 0 Å². The highest BCUT2D eigenvalue weighted by molar-refractivity contribution is 7.86. The van der Waals surface area contributed by atoms with Crippen molar-refractivity contribution >= 4 is 16.1 Å². The molecule has 1 unspecified atom stereocenters. The van der Waals surface area contributed by atoms with Crippen molar-refractivity contribution in [1.29, 1.82) is 0 Å². The summed E-state index contributed by atoms with van der Waals surface area (Å²) in [6.45, 7) is 0.945. The zero-order chi connectivity index (χ0) is 25.3. The average Bonchev–Trinajstić information content (AvgIpc) is 2.81. The molecule has 0 amide bonds. The van der Waals surface area contributed by atoms with Gasteiger partial charge in [-0.05, 0) is 72.5 Å². The van der Waals surface area contributed by atoms with E-state index in [2.05, 4.69) is 5.32 Å². The monoisotopic (exact) mass is 499 g/mol. The molecule has 0 spiro atoms. The summed E-state index contributed by atoms with van der Waals surface area (Å²) in [5, 5.41) is 22.0. The number of phenols is 1. The number of nitrogens with one attached hydrogen (secondary N) is 1. The molecule has 3 rings (SSSR count). The Morgan fingerprint density at radius 2 is 1.40 bits per heavy atom. The molecule has 0 aliphatic carbocycles. The number of carboxylic acid groups (broad SMARTS) is 1. The van der Waals surface area contributed by atoms with E-state index in [9.17, 15) is 23.4 Å². The third-order valence-corrected chi connectivity index (χ3v) is 5.73. The lowest BCUT2D eigenvalue weighted by Gasteiger charge is -2.15. The van der Waals surface area contributed by atoms with Crippen molar-refractivity contribution in [2.75, 3.05) is 19.4 Å². The standard InChI is InChI=1S/C26H29NO7S/c1-35(31,32)34-24-12-10-23(11-13-24)33-17-15-20-2-4-21(5-3-20)18-25(26(29)30)27-16-14-19-6-8-22(28)9-7-19/h2-13,25,27-28H,14-18H2,1H3,(H,29,30). The molecule has 0 fully saturated rings. The number of aromatic hydroxyl groups is 1. The minimum Gasteiger partial charge on any atom is -0.508 e. The maximum absolute atomic E-state index is 11.7.